The first-order valence-corrected chi connectivity index (χ1v) is 6.67. The number of benzene rings is 1. The average Bonchev–Trinajstić information content (AvgIpc) is 2.49. The van der Waals surface area contributed by atoms with Gasteiger partial charge in [-0.15, -0.1) is 0 Å². The van der Waals surface area contributed by atoms with Gasteiger partial charge in [-0.05, 0) is 36.6 Å². The third kappa shape index (κ3) is 5.18. The number of hydrogen-bond acceptors (Lipinski definition) is 3. The van der Waals surface area contributed by atoms with Crippen molar-refractivity contribution in [2.24, 2.45) is 0 Å². The van der Waals surface area contributed by atoms with E-state index >= 15 is 0 Å². The summed E-state index contributed by atoms with van der Waals surface area (Å²) < 4.78 is 12.7. The molecule has 110 valence electrons. The van der Waals surface area contributed by atoms with E-state index in [4.69, 9.17) is 0 Å². The van der Waals surface area contributed by atoms with E-state index in [9.17, 15) is 9.18 Å². The number of rotatable bonds is 5. The quantitative estimate of drug-likeness (QED) is 0.884. The maximum Gasteiger partial charge on any atom is 0.315 e. The van der Waals surface area contributed by atoms with Gasteiger partial charge in [-0.3, -0.25) is 0 Å². The number of urea groups is 1. The second-order valence-corrected chi connectivity index (χ2v) is 4.66. The van der Waals surface area contributed by atoms with Gasteiger partial charge in [0.1, 0.15) is 11.6 Å². The SMILES string of the molecule is Cc1cnc(CNC(=O)NCCc2ccc(F)cc2)nc1. The molecule has 0 aliphatic heterocycles. The van der Waals surface area contributed by atoms with Crippen LogP contribution >= 0.6 is 0 Å². The summed E-state index contributed by atoms with van der Waals surface area (Å²) in [5, 5.41) is 5.41. The zero-order valence-corrected chi connectivity index (χ0v) is 11.8. The van der Waals surface area contributed by atoms with Crippen LogP contribution in [0.5, 0.6) is 0 Å². The Hall–Kier alpha value is -2.50. The van der Waals surface area contributed by atoms with Crippen molar-refractivity contribution in [3.63, 3.8) is 0 Å². The Morgan fingerprint density at radius 3 is 2.48 bits per heavy atom. The highest BCUT2D eigenvalue weighted by Crippen LogP contribution is 2.02. The zero-order chi connectivity index (χ0) is 15.1. The van der Waals surface area contributed by atoms with Gasteiger partial charge in [0.15, 0.2) is 0 Å². The minimum Gasteiger partial charge on any atom is -0.338 e. The number of nitrogens with one attached hydrogen (secondary N) is 2. The molecule has 2 N–H and O–H groups in total. The lowest BCUT2D eigenvalue weighted by atomic mass is 10.1. The molecule has 0 aliphatic carbocycles. The first kappa shape index (κ1) is 14.9. The van der Waals surface area contributed by atoms with Gasteiger partial charge in [0, 0.05) is 18.9 Å². The number of amides is 2. The Bertz CT molecular complexity index is 584. The molecule has 6 heteroatoms. The highest BCUT2D eigenvalue weighted by molar-refractivity contribution is 5.73. The zero-order valence-electron chi connectivity index (χ0n) is 11.8. The Labute approximate surface area is 122 Å². The van der Waals surface area contributed by atoms with E-state index in [2.05, 4.69) is 20.6 Å². The topological polar surface area (TPSA) is 66.9 Å². The van der Waals surface area contributed by atoms with Gasteiger partial charge < -0.3 is 10.6 Å². The predicted octanol–water partition coefficient (Wildman–Crippen LogP) is 1.97. The van der Waals surface area contributed by atoms with E-state index < -0.39 is 0 Å². The molecule has 1 aromatic heterocycles. The van der Waals surface area contributed by atoms with Crippen LogP contribution in [0.2, 0.25) is 0 Å². The summed E-state index contributed by atoms with van der Waals surface area (Å²) in [5.41, 5.74) is 1.95. The van der Waals surface area contributed by atoms with Crippen LogP contribution in [0.15, 0.2) is 36.7 Å². The summed E-state index contributed by atoms with van der Waals surface area (Å²) in [5.74, 6) is 0.303. The smallest absolute Gasteiger partial charge is 0.315 e. The summed E-state index contributed by atoms with van der Waals surface area (Å²) in [6.45, 7) is 2.66. The van der Waals surface area contributed by atoms with E-state index in [0.29, 0.717) is 18.8 Å². The molecule has 0 radical (unpaired) electrons. The fourth-order valence-corrected chi connectivity index (χ4v) is 1.70. The number of hydrogen-bond donors (Lipinski definition) is 2. The van der Waals surface area contributed by atoms with Gasteiger partial charge in [-0.1, -0.05) is 12.1 Å². The standard InChI is InChI=1S/C15H17FN4O/c1-11-8-18-14(19-9-11)10-20-15(21)17-7-6-12-2-4-13(16)5-3-12/h2-5,8-9H,6-7,10H2,1H3,(H2,17,20,21). The third-order valence-corrected chi connectivity index (χ3v) is 2.85. The van der Waals surface area contributed by atoms with Gasteiger partial charge in [0.05, 0.1) is 6.54 Å². The molecule has 0 unspecified atom stereocenters. The molecule has 0 bridgehead atoms. The fourth-order valence-electron chi connectivity index (χ4n) is 1.70. The van der Waals surface area contributed by atoms with E-state index in [1.165, 1.54) is 12.1 Å². The monoisotopic (exact) mass is 288 g/mol. The van der Waals surface area contributed by atoms with Crippen LogP contribution in [0, 0.1) is 12.7 Å². The minimum absolute atomic E-state index is 0.262. The minimum atomic E-state index is -0.277. The number of carbonyl (C=O) groups excluding carboxylic acids is 1. The van der Waals surface area contributed by atoms with Gasteiger partial charge in [-0.25, -0.2) is 19.2 Å². The van der Waals surface area contributed by atoms with Crippen LogP contribution in [0.1, 0.15) is 17.0 Å². The van der Waals surface area contributed by atoms with Crippen molar-refractivity contribution in [3.05, 3.63) is 59.4 Å². The molecule has 0 atom stereocenters. The van der Waals surface area contributed by atoms with Crippen LogP contribution in [0.3, 0.4) is 0 Å². The van der Waals surface area contributed by atoms with E-state index in [1.807, 2.05) is 6.92 Å². The number of aryl methyl sites for hydroxylation is 1. The Morgan fingerprint density at radius 2 is 1.81 bits per heavy atom. The number of aromatic nitrogens is 2. The molecular formula is C15H17FN4O. The molecule has 2 rings (SSSR count). The summed E-state index contributed by atoms with van der Waals surface area (Å²) in [7, 11) is 0. The Morgan fingerprint density at radius 1 is 1.14 bits per heavy atom. The maximum absolute atomic E-state index is 12.7. The van der Waals surface area contributed by atoms with E-state index in [0.717, 1.165) is 11.1 Å². The Kier molecular flexibility index (Phi) is 5.20. The van der Waals surface area contributed by atoms with Crippen LogP contribution in [-0.4, -0.2) is 22.5 Å². The second-order valence-electron chi connectivity index (χ2n) is 4.66. The van der Waals surface area contributed by atoms with Gasteiger partial charge in [0.2, 0.25) is 0 Å². The van der Waals surface area contributed by atoms with Crippen LogP contribution < -0.4 is 10.6 Å². The fraction of sp³-hybridized carbons (Fsp3) is 0.267. The molecule has 2 aromatic rings. The molecule has 1 heterocycles. The van der Waals surface area contributed by atoms with Crippen LogP contribution in [-0.2, 0) is 13.0 Å². The summed E-state index contributed by atoms with van der Waals surface area (Å²) >= 11 is 0. The lowest BCUT2D eigenvalue weighted by molar-refractivity contribution is 0.240. The second kappa shape index (κ2) is 7.33. The third-order valence-electron chi connectivity index (χ3n) is 2.85. The molecule has 1 aromatic carbocycles. The van der Waals surface area contributed by atoms with Gasteiger partial charge in [0.25, 0.3) is 0 Å². The number of nitrogens with zero attached hydrogens (tertiary/aromatic N) is 2. The molecule has 5 nitrogen and oxygen atoms in total. The molecular weight excluding hydrogens is 271 g/mol. The highest BCUT2D eigenvalue weighted by atomic mass is 19.1. The molecule has 21 heavy (non-hydrogen) atoms. The van der Waals surface area contributed by atoms with Crippen LogP contribution in [0.4, 0.5) is 9.18 Å². The first-order valence-electron chi connectivity index (χ1n) is 6.67. The molecule has 0 spiro atoms. The first-order chi connectivity index (χ1) is 10.1. The van der Waals surface area contributed by atoms with Crippen LogP contribution in [0.25, 0.3) is 0 Å². The number of carbonyl (C=O) groups is 1. The van der Waals surface area contributed by atoms with Crippen molar-refractivity contribution < 1.29 is 9.18 Å². The lowest BCUT2D eigenvalue weighted by Gasteiger charge is -2.07. The molecule has 2 amide bonds. The van der Waals surface area contributed by atoms with Crippen molar-refractivity contribution in [2.75, 3.05) is 6.54 Å². The van der Waals surface area contributed by atoms with Crippen molar-refractivity contribution in [3.8, 4) is 0 Å². The van der Waals surface area contributed by atoms with Crippen molar-refractivity contribution in [1.29, 1.82) is 0 Å². The van der Waals surface area contributed by atoms with E-state index in [-0.39, 0.29) is 18.4 Å². The van der Waals surface area contributed by atoms with Crippen molar-refractivity contribution in [2.45, 2.75) is 19.9 Å². The predicted molar refractivity (Wildman–Crippen MR) is 77.1 cm³/mol. The molecule has 0 aliphatic rings. The lowest BCUT2D eigenvalue weighted by Crippen LogP contribution is -2.36. The average molecular weight is 288 g/mol. The maximum atomic E-state index is 12.7. The molecule has 0 saturated carbocycles. The summed E-state index contributed by atoms with van der Waals surface area (Å²) in [4.78, 5) is 19.8. The van der Waals surface area contributed by atoms with Gasteiger partial charge in [-0.2, -0.15) is 0 Å². The molecule has 0 fully saturated rings. The summed E-state index contributed by atoms with van der Waals surface area (Å²) in [6.07, 6.45) is 4.06. The van der Waals surface area contributed by atoms with Crippen molar-refractivity contribution in [1.82, 2.24) is 20.6 Å². The van der Waals surface area contributed by atoms with E-state index in [1.54, 1.807) is 24.5 Å². The molecule has 0 saturated heterocycles. The Balaban J connectivity index is 1.67. The number of halogens is 1. The normalized spacial score (nSPS) is 10.2. The summed E-state index contributed by atoms with van der Waals surface area (Å²) in [6, 6.07) is 5.94. The van der Waals surface area contributed by atoms with Crippen molar-refractivity contribution >= 4 is 6.03 Å². The van der Waals surface area contributed by atoms with Gasteiger partial charge >= 0.3 is 6.03 Å². The largest absolute Gasteiger partial charge is 0.338 e. The highest BCUT2D eigenvalue weighted by Gasteiger charge is 2.02.